The maximum atomic E-state index is 12.8. The Bertz CT molecular complexity index is 1360. The van der Waals surface area contributed by atoms with Crippen molar-refractivity contribution in [3.63, 3.8) is 0 Å². The number of halogens is 6. The summed E-state index contributed by atoms with van der Waals surface area (Å²) in [5, 5.41) is 2.55. The minimum atomic E-state index is -4.39. The molecule has 3 heterocycles. The standard InChI is InChI=1S/C25H18F6N4S/c26-24(27,28)18-5-1-15(2-6-18)22-32-11-17-12-35(10-9-21(17)34-22)13-20-14-36-23(33-20)16-3-7-19(8-4-16)25(29,30)31/h1-8,11,14H,9-10,12-13H2. The number of rotatable bonds is 4. The van der Waals surface area contributed by atoms with E-state index in [-0.39, 0.29) is 0 Å². The molecule has 0 saturated carbocycles. The SMILES string of the molecule is FC(F)(F)c1ccc(-c2ncc3c(n2)CCN(Cc2csc(-c4ccc(C(F)(F)F)cc4)n2)C3)cc1. The molecular formula is C25H18F6N4S. The van der Waals surface area contributed by atoms with Gasteiger partial charge in [-0.1, -0.05) is 24.3 Å². The van der Waals surface area contributed by atoms with Crippen LogP contribution in [-0.4, -0.2) is 26.4 Å². The van der Waals surface area contributed by atoms with Gasteiger partial charge < -0.3 is 0 Å². The molecule has 2 aromatic heterocycles. The maximum absolute atomic E-state index is 12.8. The van der Waals surface area contributed by atoms with Gasteiger partial charge in [-0.25, -0.2) is 15.0 Å². The lowest BCUT2D eigenvalue weighted by Crippen LogP contribution is -2.31. The highest BCUT2D eigenvalue weighted by Gasteiger charge is 2.31. The third-order valence-electron chi connectivity index (χ3n) is 5.88. The van der Waals surface area contributed by atoms with Crippen molar-refractivity contribution >= 4 is 11.3 Å². The van der Waals surface area contributed by atoms with Gasteiger partial charge in [0.2, 0.25) is 0 Å². The molecule has 0 bridgehead atoms. The Morgan fingerprint density at radius 2 is 1.42 bits per heavy atom. The largest absolute Gasteiger partial charge is 0.416 e. The zero-order chi connectivity index (χ0) is 25.5. The van der Waals surface area contributed by atoms with Gasteiger partial charge in [0.25, 0.3) is 0 Å². The van der Waals surface area contributed by atoms with Crippen molar-refractivity contribution in [1.29, 1.82) is 0 Å². The van der Waals surface area contributed by atoms with Crippen LogP contribution < -0.4 is 0 Å². The molecule has 0 spiro atoms. The average molecular weight is 521 g/mol. The van der Waals surface area contributed by atoms with Gasteiger partial charge in [0.05, 0.1) is 22.5 Å². The molecule has 0 radical (unpaired) electrons. The topological polar surface area (TPSA) is 41.9 Å². The highest BCUT2D eigenvalue weighted by molar-refractivity contribution is 7.13. The van der Waals surface area contributed by atoms with Gasteiger partial charge in [0.15, 0.2) is 5.82 Å². The molecule has 4 aromatic rings. The second-order valence-electron chi connectivity index (χ2n) is 8.42. The van der Waals surface area contributed by atoms with Gasteiger partial charge >= 0.3 is 12.4 Å². The summed E-state index contributed by atoms with van der Waals surface area (Å²) in [5.74, 6) is 0.386. The molecule has 0 fully saturated rings. The molecule has 0 atom stereocenters. The summed E-state index contributed by atoms with van der Waals surface area (Å²) in [6.07, 6.45) is -6.41. The minimum absolute atomic E-state index is 0.386. The Hall–Kier alpha value is -3.31. The van der Waals surface area contributed by atoms with E-state index in [1.165, 1.54) is 35.6 Å². The van der Waals surface area contributed by atoms with Crippen LogP contribution in [0.5, 0.6) is 0 Å². The minimum Gasteiger partial charge on any atom is -0.293 e. The number of fused-ring (bicyclic) bond motifs is 1. The molecule has 0 unspecified atom stereocenters. The van der Waals surface area contributed by atoms with E-state index >= 15 is 0 Å². The van der Waals surface area contributed by atoms with E-state index in [9.17, 15) is 26.3 Å². The van der Waals surface area contributed by atoms with Gasteiger partial charge in [-0.15, -0.1) is 11.3 Å². The second-order valence-corrected chi connectivity index (χ2v) is 9.28. The molecular weight excluding hydrogens is 502 g/mol. The number of hydrogen-bond acceptors (Lipinski definition) is 5. The summed E-state index contributed by atoms with van der Waals surface area (Å²) in [5.41, 5.74) is 2.36. The van der Waals surface area contributed by atoms with Crippen molar-refractivity contribution in [1.82, 2.24) is 19.9 Å². The molecule has 0 amide bonds. The summed E-state index contributed by atoms with van der Waals surface area (Å²) < 4.78 is 76.8. The maximum Gasteiger partial charge on any atom is 0.416 e. The van der Waals surface area contributed by atoms with Crippen molar-refractivity contribution in [2.24, 2.45) is 0 Å². The predicted molar refractivity (Wildman–Crippen MR) is 123 cm³/mol. The lowest BCUT2D eigenvalue weighted by atomic mass is 10.1. The van der Waals surface area contributed by atoms with E-state index in [2.05, 4.69) is 19.9 Å². The van der Waals surface area contributed by atoms with Gasteiger partial charge in [0.1, 0.15) is 5.01 Å². The Balaban J connectivity index is 1.25. The quantitative estimate of drug-likeness (QED) is 0.276. The third kappa shape index (κ3) is 5.26. The fourth-order valence-electron chi connectivity index (χ4n) is 4.00. The molecule has 5 rings (SSSR count). The highest BCUT2D eigenvalue weighted by Crippen LogP contribution is 2.33. The van der Waals surface area contributed by atoms with Crippen LogP contribution in [0.15, 0.2) is 60.1 Å². The first-order chi connectivity index (χ1) is 17.1. The molecule has 0 aliphatic carbocycles. The van der Waals surface area contributed by atoms with E-state index in [4.69, 9.17) is 0 Å². The third-order valence-corrected chi connectivity index (χ3v) is 6.82. The first-order valence-corrected chi connectivity index (χ1v) is 11.8. The van der Waals surface area contributed by atoms with Gasteiger partial charge in [-0.2, -0.15) is 26.3 Å². The Labute approximate surface area is 206 Å². The average Bonchev–Trinajstić information content (AvgIpc) is 3.31. The smallest absolute Gasteiger partial charge is 0.293 e. The fraction of sp³-hybridized carbons (Fsp3) is 0.240. The van der Waals surface area contributed by atoms with Crippen LogP contribution in [0.25, 0.3) is 22.0 Å². The zero-order valence-corrected chi connectivity index (χ0v) is 19.4. The van der Waals surface area contributed by atoms with Crippen LogP contribution in [-0.2, 0) is 31.9 Å². The molecule has 1 aliphatic heterocycles. The van der Waals surface area contributed by atoms with Crippen molar-refractivity contribution in [2.75, 3.05) is 6.54 Å². The van der Waals surface area contributed by atoms with E-state index in [0.29, 0.717) is 48.0 Å². The normalized spacial score (nSPS) is 14.6. The van der Waals surface area contributed by atoms with Crippen LogP contribution in [0.4, 0.5) is 26.3 Å². The second kappa shape index (κ2) is 9.29. The molecule has 1 aliphatic rings. The fourth-order valence-corrected chi connectivity index (χ4v) is 4.82. The highest BCUT2D eigenvalue weighted by atomic mass is 32.1. The van der Waals surface area contributed by atoms with Crippen LogP contribution in [0.3, 0.4) is 0 Å². The molecule has 4 nitrogen and oxygen atoms in total. The van der Waals surface area contributed by atoms with E-state index in [0.717, 1.165) is 41.2 Å². The van der Waals surface area contributed by atoms with Crippen molar-refractivity contribution in [3.8, 4) is 22.0 Å². The number of nitrogens with zero attached hydrogens (tertiary/aromatic N) is 4. The van der Waals surface area contributed by atoms with Crippen molar-refractivity contribution in [3.05, 3.63) is 88.2 Å². The molecule has 186 valence electrons. The molecule has 2 aromatic carbocycles. The van der Waals surface area contributed by atoms with Crippen LogP contribution >= 0.6 is 11.3 Å². The van der Waals surface area contributed by atoms with E-state index in [1.807, 2.05) is 5.38 Å². The number of hydrogen-bond donors (Lipinski definition) is 0. The Kier molecular flexibility index (Phi) is 6.29. The van der Waals surface area contributed by atoms with Gasteiger partial charge in [-0.3, -0.25) is 4.90 Å². The van der Waals surface area contributed by atoms with Crippen molar-refractivity contribution in [2.45, 2.75) is 31.9 Å². The van der Waals surface area contributed by atoms with Crippen LogP contribution in [0, 0.1) is 0 Å². The summed E-state index contributed by atoms with van der Waals surface area (Å²) in [7, 11) is 0. The summed E-state index contributed by atoms with van der Waals surface area (Å²) in [6.45, 7) is 1.87. The summed E-state index contributed by atoms with van der Waals surface area (Å²) in [4.78, 5) is 15.7. The van der Waals surface area contributed by atoms with Crippen LogP contribution in [0.1, 0.15) is 28.1 Å². The molecule has 0 saturated heterocycles. The Morgan fingerprint density at radius 1 is 0.806 bits per heavy atom. The van der Waals surface area contributed by atoms with Crippen molar-refractivity contribution < 1.29 is 26.3 Å². The number of alkyl halides is 6. The van der Waals surface area contributed by atoms with E-state index in [1.54, 1.807) is 6.20 Å². The lowest BCUT2D eigenvalue weighted by Gasteiger charge is -2.27. The molecule has 11 heteroatoms. The number of benzene rings is 2. The van der Waals surface area contributed by atoms with Crippen LogP contribution in [0.2, 0.25) is 0 Å². The summed E-state index contributed by atoms with van der Waals surface area (Å²) in [6, 6.07) is 9.74. The van der Waals surface area contributed by atoms with Gasteiger partial charge in [0, 0.05) is 54.3 Å². The predicted octanol–water partition coefficient (Wildman–Crippen LogP) is 6.86. The van der Waals surface area contributed by atoms with E-state index < -0.39 is 23.5 Å². The molecule has 36 heavy (non-hydrogen) atoms. The van der Waals surface area contributed by atoms with Gasteiger partial charge in [-0.05, 0) is 24.3 Å². The lowest BCUT2D eigenvalue weighted by molar-refractivity contribution is -0.138. The zero-order valence-electron chi connectivity index (χ0n) is 18.6. The monoisotopic (exact) mass is 520 g/mol. The first-order valence-electron chi connectivity index (χ1n) is 10.9. The first kappa shape index (κ1) is 24.4. The number of thiazole rings is 1. The Morgan fingerprint density at radius 3 is 2.03 bits per heavy atom. The summed E-state index contributed by atoms with van der Waals surface area (Å²) >= 11 is 1.38. The number of aromatic nitrogens is 3. The molecule has 0 N–H and O–H groups in total.